The fraction of sp³-hybridized carbons (Fsp3) is 0.667. The van der Waals surface area contributed by atoms with Crippen LogP contribution in [0.15, 0.2) is 11.4 Å². The number of fused-ring (bicyclic) bond motifs is 1. The lowest BCUT2D eigenvalue weighted by atomic mass is 9.96. The smallest absolute Gasteiger partial charge is 0.240 e. The first-order valence-corrected chi connectivity index (χ1v) is 8.19. The second kappa shape index (κ2) is 6.53. The zero-order valence-electron chi connectivity index (χ0n) is 11.9. The molecule has 19 heavy (non-hydrogen) atoms. The highest BCUT2D eigenvalue weighted by atomic mass is 32.1. The van der Waals surface area contributed by atoms with Crippen molar-refractivity contribution in [2.75, 3.05) is 6.54 Å². The molecular formula is C15H24N2OS. The predicted molar refractivity (Wildman–Crippen MR) is 80.3 cm³/mol. The largest absolute Gasteiger partial charge is 0.334 e. The van der Waals surface area contributed by atoms with Crippen molar-refractivity contribution in [2.24, 2.45) is 5.73 Å². The fourth-order valence-corrected chi connectivity index (χ4v) is 3.79. The Labute approximate surface area is 119 Å². The molecule has 2 N–H and O–H groups in total. The minimum absolute atomic E-state index is 0.136. The third kappa shape index (κ3) is 3.00. The Kier molecular flexibility index (Phi) is 4.99. The quantitative estimate of drug-likeness (QED) is 0.901. The van der Waals surface area contributed by atoms with E-state index in [1.807, 2.05) is 16.2 Å². The molecule has 0 bridgehead atoms. The van der Waals surface area contributed by atoms with E-state index in [2.05, 4.69) is 25.3 Å². The number of rotatable bonds is 5. The van der Waals surface area contributed by atoms with Crippen LogP contribution in [-0.2, 0) is 11.2 Å². The van der Waals surface area contributed by atoms with E-state index in [-0.39, 0.29) is 18.0 Å². The maximum Gasteiger partial charge on any atom is 0.240 e. The standard InChI is InChI=1S/C15H24N2OS/c1-3-5-6-12(16)15(18)17-9-7-14-11(8-10-19-14)13(17)4-2/h8,10,12-13H,3-7,9,16H2,1-2H3. The number of nitrogens with two attached hydrogens (primary N) is 1. The van der Waals surface area contributed by atoms with Gasteiger partial charge in [-0.2, -0.15) is 0 Å². The molecule has 0 aromatic carbocycles. The molecule has 0 saturated carbocycles. The molecule has 2 rings (SSSR count). The van der Waals surface area contributed by atoms with E-state index in [1.54, 1.807) is 0 Å². The highest BCUT2D eigenvalue weighted by Gasteiger charge is 2.32. The lowest BCUT2D eigenvalue weighted by molar-refractivity contribution is -0.135. The van der Waals surface area contributed by atoms with Gasteiger partial charge in [0.05, 0.1) is 12.1 Å². The lowest BCUT2D eigenvalue weighted by Gasteiger charge is -2.37. The van der Waals surface area contributed by atoms with Crippen molar-refractivity contribution >= 4 is 17.2 Å². The fourth-order valence-electron chi connectivity index (χ4n) is 2.86. The summed E-state index contributed by atoms with van der Waals surface area (Å²) in [5.41, 5.74) is 7.40. The zero-order valence-corrected chi connectivity index (χ0v) is 12.7. The molecule has 1 aliphatic heterocycles. The van der Waals surface area contributed by atoms with Crippen LogP contribution in [-0.4, -0.2) is 23.4 Å². The van der Waals surface area contributed by atoms with Crippen LogP contribution in [0.1, 0.15) is 56.0 Å². The summed E-state index contributed by atoms with van der Waals surface area (Å²) in [6, 6.07) is 2.08. The van der Waals surface area contributed by atoms with E-state index in [0.717, 1.165) is 38.6 Å². The van der Waals surface area contributed by atoms with E-state index in [1.165, 1.54) is 10.4 Å². The molecular weight excluding hydrogens is 256 g/mol. The molecule has 4 heteroatoms. The summed E-state index contributed by atoms with van der Waals surface area (Å²) in [6.45, 7) is 5.10. The summed E-state index contributed by atoms with van der Waals surface area (Å²) in [4.78, 5) is 16.0. The zero-order chi connectivity index (χ0) is 13.8. The van der Waals surface area contributed by atoms with Crippen LogP contribution < -0.4 is 5.73 Å². The van der Waals surface area contributed by atoms with Gasteiger partial charge in [-0.05, 0) is 36.3 Å². The van der Waals surface area contributed by atoms with Gasteiger partial charge in [0.25, 0.3) is 0 Å². The summed E-state index contributed by atoms with van der Waals surface area (Å²) < 4.78 is 0. The van der Waals surface area contributed by atoms with E-state index in [9.17, 15) is 4.79 Å². The third-order valence-electron chi connectivity index (χ3n) is 3.95. The van der Waals surface area contributed by atoms with Gasteiger partial charge in [-0.15, -0.1) is 11.3 Å². The molecule has 0 radical (unpaired) electrons. The number of unbranched alkanes of at least 4 members (excludes halogenated alkanes) is 1. The van der Waals surface area contributed by atoms with Crippen molar-refractivity contribution in [1.29, 1.82) is 0 Å². The Morgan fingerprint density at radius 2 is 2.37 bits per heavy atom. The topological polar surface area (TPSA) is 46.3 Å². The number of thiophene rings is 1. The van der Waals surface area contributed by atoms with Crippen LogP contribution in [0.4, 0.5) is 0 Å². The van der Waals surface area contributed by atoms with Gasteiger partial charge in [0.1, 0.15) is 0 Å². The average molecular weight is 280 g/mol. The minimum Gasteiger partial charge on any atom is -0.334 e. The molecule has 106 valence electrons. The molecule has 3 nitrogen and oxygen atoms in total. The monoisotopic (exact) mass is 280 g/mol. The second-order valence-corrected chi connectivity index (χ2v) is 6.25. The summed E-state index contributed by atoms with van der Waals surface area (Å²) in [7, 11) is 0. The Morgan fingerprint density at radius 1 is 1.58 bits per heavy atom. The lowest BCUT2D eigenvalue weighted by Crippen LogP contribution is -2.47. The molecule has 2 atom stereocenters. The molecule has 1 aliphatic rings. The summed E-state index contributed by atoms with van der Waals surface area (Å²) in [6.07, 6.45) is 4.87. The Hall–Kier alpha value is -0.870. The number of carbonyl (C=O) groups excluding carboxylic acids is 1. The maximum atomic E-state index is 12.5. The van der Waals surface area contributed by atoms with Crippen LogP contribution in [0.5, 0.6) is 0 Å². The molecule has 2 heterocycles. The molecule has 0 fully saturated rings. The van der Waals surface area contributed by atoms with Gasteiger partial charge in [0, 0.05) is 11.4 Å². The van der Waals surface area contributed by atoms with Gasteiger partial charge in [-0.25, -0.2) is 0 Å². The molecule has 0 saturated heterocycles. The Bertz CT molecular complexity index is 430. The highest BCUT2D eigenvalue weighted by Crippen LogP contribution is 2.35. The maximum absolute atomic E-state index is 12.5. The van der Waals surface area contributed by atoms with Gasteiger partial charge < -0.3 is 10.6 Å². The van der Waals surface area contributed by atoms with Crippen molar-refractivity contribution in [2.45, 2.75) is 58.0 Å². The normalized spacial score (nSPS) is 20.2. The van der Waals surface area contributed by atoms with E-state index in [0.29, 0.717) is 0 Å². The van der Waals surface area contributed by atoms with Crippen molar-refractivity contribution in [3.8, 4) is 0 Å². The van der Waals surface area contributed by atoms with Crippen molar-refractivity contribution in [3.05, 3.63) is 21.9 Å². The van der Waals surface area contributed by atoms with E-state index < -0.39 is 0 Å². The average Bonchev–Trinajstić information content (AvgIpc) is 2.91. The molecule has 1 amide bonds. The molecule has 0 aliphatic carbocycles. The SMILES string of the molecule is CCCCC(N)C(=O)N1CCc2sccc2C1CC. The van der Waals surface area contributed by atoms with Gasteiger partial charge >= 0.3 is 0 Å². The van der Waals surface area contributed by atoms with Gasteiger partial charge in [-0.3, -0.25) is 4.79 Å². The molecule has 2 unspecified atom stereocenters. The van der Waals surface area contributed by atoms with Crippen molar-refractivity contribution in [1.82, 2.24) is 4.90 Å². The summed E-state index contributed by atoms with van der Waals surface area (Å²) >= 11 is 1.81. The Balaban J connectivity index is 2.10. The number of hydrogen-bond acceptors (Lipinski definition) is 3. The molecule has 1 aromatic heterocycles. The van der Waals surface area contributed by atoms with Crippen LogP contribution in [0.25, 0.3) is 0 Å². The summed E-state index contributed by atoms with van der Waals surface area (Å²) in [5.74, 6) is 0.136. The van der Waals surface area contributed by atoms with Gasteiger partial charge in [0.15, 0.2) is 0 Å². The second-order valence-electron chi connectivity index (χ2n) is 5.25. The van der Waals surface area contributed by atoms with Crippen molar-refractivity contribution < 1.29 is 4.79 Å². The van der Waals surface area contributed by atoms with E-state index >= 15 is 0 Å². The first-order valence-electron chi connectivity index (χ1n) is 7.31. The van der Waals surface area contributed by atoms with Crippen molar-refractivity contribution in [3.63, 3.8) is 0 Å². The first-order chi connectivity index (χ1) is 9.19. The number of hydrogen-bond donors (Lipinski definition) is 1. The minimum atomic E-state index is -0.325. The Morgan fingerprint density at radius 3 is 3.05 bits per heavy atom. The third-order valence-corrected chi connectivity index (χ3v) is 4.95. The number of carbonyl (C=O) groups is 1. The molecule has 1 aromatic rings. The number of nitrogens with zero attached hydrogens (tertiary/aromatic N) is 1. The van der Waals surface area contributed by atoms with E-state index in [4.69, 9.17) is 5.73 Å². The predicted octanol–water partition coefficient (Wildman–Crippen LogP) is 3.10. The molecule has 0 spiro atoms. The van der Waals surface area contributed by atoms with Crippen LogP contribution in [0.2, 0.25) is 0 Å². The number of amides is 1. The highest BCUT2D eigenvalue weighted by molar-refractivity contribution is 7.10. The van der Waals surface area contributed by atoms with Gasteiger partial charge in [0.2, 0.25) is 5.91 Å². The van der Waals surface area contributed by atoms with Crippen LogP contribution >= 0.6 is 11.3 Å². The van der Waals surface area contributed by atoms with Crippen LogP contribution in [0, 0.1) is 0 Å². The van der Waals surface area contributed by atoms with Gasteiger partial charge in [-0.1, -0.05) is 26.7 Å². The summed E-state index contributed by atoms with van der Waals surface area (Å²) in [5, 5.41) is 2.14. The first kappa shape index (κ1) is 14.5. The van der Waals surface area contributed by atoms with Crippen LogP contribution in [0.3, 0.4) is 0 Å².